The van der Waals surface area contributed by atoms with Crippen molar-refractivity contribution >= 4 is 27.7 Å². The fourth-order valence-electron chi connectivity index (χ4n) is 2.91. The maximum atomic E-state index is 4.72. The Morgan fingerprint density at radius 2 is 2.05 bits per heavy atom. The molecular formula is C17H19BrN4. The number of aryl methyl sites for hydroxylation is 1. The molecule has 1 aromatic heterocycles. The highest BCUT2D eigenvalue weighted by Gasteiger charge is 2.23. The van der Waals surface area contributed by atoms with E-state index >= 15 is 0 Å². The van der Waals surface area contributed by atoms with Gasteiger partial charge in [0.05, 0.1) is 0 Å². The van der Waals surface area contributed by atoms with Gasteiger partial charge in [-0.2, -0.15) is 4.98 Å². The molecule has 2 heterocycles. The lowest BCUT2D eigenvalue weighted by Crippen LogP contribution is -2.31. The van der Waals surface area contributed by atoms with Crippen LogP contribution in [0.25, 0.3) is 0 Å². The summed E-state index contributed by atoms with van der Waals surface area (Å²) in [5.41, 5.74) is 3.85. The molecule has 4 rings (SSSR count). The summed E-state index contributed by atoms with van der Waals surface area (Å²) >= 11 is 3.57. The summed E-state index contributed by atoms with van der Waals surface area (Å²) in [6.07, 6.45) is 3.53. The van der Waals surface area contributed by atoms with Crippen LogP contribution in [0.15, 0.2) is 28.7 Å². The van der Waals surface area contributed by atoms with Crippen LogP contribution in [0.4, 0.5) is 11.8 Å². The highest BCUT2D eigenvalue weighted by Crippen LogP contribution is 2.28. The van der Waals surface area contributed by atoms with Gasteiger partial charge in [0.2, 0.25) is 5.95 Å². The predicted molar refractivity (Wildman–Crippen MR) is 92.3 cm³/mol. The molecular weight excluding hydrogens is 340 g/mol. The summed E-state index contributed by atoms with van der Waals surface area (Å²) in [6.45, 7) is 3.96. The van der Waals surface area contributed by atoms with Crippen molar-refractivity contribution in [1.29, 1.82) is 0 Å². The number of nitrogens with zero attached hydrogens (tertiary/aromatic N) is 3. The minimum atomic E-state index is 0.577. The van der Waals surface area contributed by atoms with Crippen LogP contribution in [0.2, 0.25) is 0 Å². The third kappa shape index (κ3) is 2.95. The molecule has 1 N–H and O–H groups in total. The number of benzene rings is 1. The van der Waals surface area contributed by atoms with E-state index in [4.69, 9.17) is 4.98 Å². The summed E-state index contributed by atoms with van der Waals surface area (Å²) in [6, 6.07) is 9.23. The van der Waals surface area contributed by atoms with E-state index in [2.05, 4.69) is 55.4 Å². The van der Waals surface area contributed by atoms with Crippen LogP contribution in [-0.2, 0) is 13.0 Å². The van der Waals surface area contributed by atoms with Crippen LogP contribution < -0.4 is 10.2 Å². The number of hydrogen-bond acceptors (Lipinski definition) is 4. The van der Waals surface area contributed by atoms with E-state index < -0.39 is 0 Å². The van der Waals surface area contributed by atoms with Gasteiger partial charge < -0.3 is 10.2 Å². The van der Waals surface area contributed by atoms with Crippen LogP contribution in [0, 0.1) is 6.92 Å². The Morgan fingerprint density at radius 3 is 2.86 bits per heavy atom. The lowest BCUT2D eigenvalue weighted by Gasteiger charge is -2.30. The molecule has 1 aliphatic heterocycles. The summed E-state index contributed by atoms with van der Waals surface area (Å²) < 4.78 is 1.14. The molecule has 0 unspecified atom stereocenters. The molecule has 0 bridgehead atoms. The molecule has 2 aliphatic rings. The van der Waals surface area contributed by atoms with Gasteiger partial charge in [-0.05, 0) is 49.4 Å². The zero-order chi connectivity index (χ0) is 15.1. The van der Waals surface area contributed by atoms with Crippen molar-refractivity contribution in [2.24, 2.45) is 0 Å². The van der Waals surface area contributed by atoms with Gasteiger partial charge in [-0.15, -0.1) is 0 Å². The van der Waals surface area contributed by atoms with E-state index in [1.54, 1.807) is 0 Å². The van der Waals surface area contributed by atoms with Gasteiger partial charge >= 0.3 is 0 Å². The van der Waals surface area contributed by atoms with Gasteiger partial charge in [0, 0.05) is 35.4 Å². The molecule has 0 spiro atoms. The second kappa shape index (κ2) is 5.54. The van der Waals surface area contributed by atoms with Crippen molar-refractivity contribution in [3.63, 3.8) is 0 Å². The number of halogens is 1. The van der Waals surface area contributed by atoms with E-state index in [0.717, 1.165) is 41.4 Å². The first-order valence-electron chi connectivity index (χ1n) is 7.82. The van der Waals surface area contributed by atoms with Crippen LogP contribution in [0.5, 0.6) is 0 Å². The quantitative estimate of drug-likeness (QED) is 0.908. The standard InChI is InChI=1S/C17H19BrN4/c1-11-8-16(21-17(19-11)20-15-4-5-15)22-7-6-12-2-3-14(18)9-13(12)10-22/h2-3,8-9,15H,4-7,10H2,1H3,(H,19,20,21). The molecule has 4 nitrogen and oxygen atoms in total. The number of anilines is 2. The van der Waals surface area contributed by atoms with Gasteiger partial charge in [0.1, 0.15) is 5.82 Å². The van der Waals surface area contributed by atoms with Gasteiger partial charge in [-0.3, -0.25) is 0 Å². The largest absolute Gasteiger partial charge is 0.352 e. The van der Waals surface area contributed by atoms with Crippen LogP contribution >= 0.6 is 15.9 Å². The van der Waals surface area contributed by atoms with Gasteiger partial charge in [-0.25, -0.2) is 4.98 Å². The molecule has 0 amide bonds. The lowest BCUT2D eigenvalue weighted by molar-refractivity contribution is 0.718. The van der Waals surface area contributed by atoms with Crippen molar-refractivity contribution in [1.82, 2.24) is 9.97 Å². The summed E-state index contributed by atoms with van der Waals surface area (Å²) in [7, 11) is 0. The fourth-order valence-corrected chi connectivity index (χ4v) is 3.32. The van der Waals surface area contributed by atoms with Gasteiger partial charge in [-0.1, -0.05) is 22.0 Å². The molecule has 1 saturated carbocycles. The van der Waals surface area contributed by atoms with Crippen LogP contribution in [0.3, 0.4) is 0 Å². The molecule has 1 fully saturated rings. The molecule has 2 aromatic rings. The Labute approximate surface area is 139 Å². The normalized spacial score (nSPS) is 17.3. The number of nitrogens with one attached hydrogen (secondary N) is 1. The molecule has 1 aromatic carbocycles. The monoisotopic (exact) mass is 358 g/mol. The summed E-state index contributed by atoms with van der Waals surface area (Å²) in [5, 5.41) is 3.41. The Bertz CT molecular complexity index is 712. The Kier molecular flexibility index (Phi) is 3.53. The summed E-state index contributed by atoms with van der Waals surface area (Å²) in [5.74, 6) is 1.80. The zero-order valence-corrected chi connectivity index (χ0v) is 14.2. The van der Waals surface area contributed by atoms with Crippen molar-refractivity contribution in [3.05, 3.63) is 45.6 Å². The minimum Gasteiger partial charge on any atom is -0.352 e. The SMILES string of the molecule is Cc1cc(N2CCc3ccc(Br)cc3C2)nc(NC2CC2)n1. The molecule has 114 valence electrons. The minimum absolute atomic E-state index is 0.577. The number of hydrogen-bond donors (Lipinski definition) is 1. The Balaban J connectivity index is 1.60. The third-order valence-corrected chi connectivity index (χ3v) is 4.75. The summed E-state index contributed by atoms with van der Waals surface area (Å²) in [4.78, 5) is 11.6. The van der Waals surface area contributed by atoms with E-state index in [9.17, 15) is 0 Å². The fraction of sp³-hybridized carbons (Fsp3) is 0.412. The number of rotatable bonds is 3. The topological polar surface area (TPSA) is 41.1 Å². The number of aromatic nitrogens is 2. The third-order valence-electron chi connectivity index (χ3n) is 4.26. The van der Waals surface area contributed by atoms with Crippen LogP contribution in [-0.4, -0.2) is 22.6 Å². The first kappa shape index (κ1) is 14.0. The lowest BCUT2D eigenvalue weighted by atomic mass is 10.00. The first-order valence-corrected chi connectivity index (χ1v) is 8.61. The maximum absolute atomic E-state index is 4.72. The highest BCUT2D eigenvalue weighted by molar-refractivity contribution is 9.10. The van der Waals surface area contributed by atoms with Crippen molar-refractivity contribution in [3.8, 4) is 0 Å². The highest BCUT2D eigenvalue weighted by atomic mass is 79.9. The maximum Gasteiger partial charge on any atom is 0.225 e. The Hall–Kier alpha value is -1.62. The van der Waals surface area contributed by atoms with Gasteiger partial charge in [0.25, 0.3) is 0 Å². The van der Waals surface area contributed by atoms with E-state index in [1.807, 2.05) is 6.92 Å². The molecule has 0 atom stereocenters. The van der Waals surface area contributed by atoms with Crippen molar-refractivity contribution in [2.75, 3.05) is 16.8 Å². The zero-order valence-electron chi connectivity index (χ0n) is 12.6. The predicted octanol–water partition coefficient (Wildman–Crippen LogP) is 3.68. The van der Waals surface area contributed by atoms with E-state index in [1.165, 1.54) is 24.0 Å². The second-order valence-electron chi connectivity index (χ2n) is 6.19. The number of fused-ring (bicyclic) bond motifs is 1. The smallest absolute Gasteiger partial charge is 0.225 e. The first-order chi connectivity index (χ1) is 10.7. The molecule has 0 radical (unpaired) electrons. The van der Waals surface area contributed by atoms with Crippen molar-refractivity contribution < 1.29 is 0 Å². The second-order valence-corrected chi connectivity index (χ2v) is 7.11. The molecule has 1 aliphatic carbocycles. The van der Waals surface area contributed by atoms with Gasteiger partial charge in [0.15, 0.2) is 0 Å². The average Bonchev–Trinajstić information content (AvgIpc) is 3.29. The molecule has 0 saturated heterocycles. The van der Waals surface area contributed by atoms with Crippen molar-refractivity contribution in [2.45, 2.75) is 38.8 Å². The van der Waals surface area contributed by atoms with E-state index in [-0.39, 0.29) is 0 Å². The van der Waals surface area contributed by atoms with E-state index in [0.29, 0.717) is 6.04 Å². The average molecular weight is 359 g/mol. The molecule has 22 heavy (non-hydrogen) atoms. The Morgan fingerprint density at radius 1 is 1.18 bits per heavy atom. The molecule has 5 heteroatoms. The van der Waals surface area contributed by atoms with Crippen LogP contribution in [0.1, 0.15) is 29.7 Å².